The monoisotopic (exact) mass is 255 g/mol. The first kappa shape index (κ1) is 13.7. The summed E-state index contributed by atoms with van der Waals surface area (Å²) >= 11 is 5.35. The van der Waals surface area contributed by atoms with Crippen LogP contribution in [-0.2, 0) is 14.3 Å². The number of ether oxygens (including phenoxy) is 1. The Kier molecular flexibility index (Phi) is 5.66. The molecule has 1 atom stereocenters. The minimum absolute atomic E-state index is 0.101. The summed E-state index contributed by atoms with van der Waals surface area (Å²) in [4.78, 5) is 22.9. The molecule has 4 nitrogen and oxygen atoms in total. The first-order chi connectivity index (χ1) is 8.15. The zero-order valence-electron chi connectivity index (χ0n) is 9.51. The molecule has 0 spiro atoms. The van der Waals surface area contributed by atoms with E-state index in [2.05, 4.69) is 0 Å². The number of nitrogens with zero attached hydrogens (tertiary/aromatic N) is 1. The fraction of sp³-hybridized carbons (Fsp3) is 0.333. The van der Waals surface area contributed by atoms with Crippen molar-refractivity contribution in [3.63, 3.8) is 0 Å². The Morgan fingerprint density at radius 3 is 2.65 bits per heavy atom. The Hall–Kier alpha value is -1.39. The Labute approximate surface area is 105 Å². The number of rotatable bonds is 7. The maximum absolute atomic E-state index is 10.9. The Balaban J connectivity index is 2.79. The number of likely N-dealkylation sites (N-methyl/N-ethyl adjacent to an activating group) is 1. The van der Waals surface area contributed by atoms with Crippen molar-refractivity contribution < 1.29 is 14.3 Å². The van der Waals surface area contributed by atoms with Crippen molar-refractivity contribution >= 4 is 23.3 Å². The van der Waals surface area contributed by atoms with Gasteiger partial charge in [0.2, 0.25) is 5.24 Å². The van der Waals surface area contributed by atoms with Gasteiger partial charge in [0.1, 0.15) is 6.61 Å². The lowest BCUT2D eigenvalue weighted by atomic mass is 10.1. The van der Waals surface area contributed by atoms with Crippen LogP contribution in [0, 0.1) is 0 Å². The highest BCUT2D eigenvalue weighted by molar-refractivity contribution is 6.64. The number of carbonyl (C=O) groups excluding carboxylic acids is 2. The topological polar surface area (TPSA) is 46.6 Å². The molecule has 0 aliphatic rings. The van der Waals surface area contributed by atoms with Gasteiger partial charge >= 0.3 is 0 Å². The molecule has 0 radical (unpaired) electrons. The molecule has 92 valence electrons. The lowest BCUT2D eigenvalue weighted by Gasteiger charge is -2.26. The van der Waals surface area contributed by atoms with Gasteiger partial charge in [-0.25, -0.2) is 0 Å². The van der Waals surface area contributed by atoms with Crippen LogP contribution in [-0.4, -0.2) is 36.8 Å². The van der Waals surface area contributed by atoms with Gasteiger partial charge in [-0.2, -0.15) is 0 Å². The van der Waals surface area contributed by atoms with Crippen LogP contribution < -0.4 is 0 Å². The second kappa shape index (κ2) is 7.04. The number of hydrogen-bond donors (Lipinski definition) is 0. The summed E-state index contributed by atoms with van der Waals surface area (Å²) in [6.07, 6.45) is 0. The molecule has 0 N–H and O–H groups in total. The first-order valence-corrected chi connectivity index (χ1v) is 5.51. The second-order valence-corrected chi connectivity index (χ2v) is 4.05. The van der Waals surface area contributed by atoms with E-state index >= 15 is 0 Å². The van der Waals surface area contributed by atoms with Crippen molar-refractivity contribution in [1.29, 1.82) is 0 Å². The standard InChI is InChI=1S/C12H14ClNO3/c1-14(7-12(13)16)11(8-17-9-15)10-5-3-2-4-6-10/h2-6,9,11H,7-8H2,1H3. The van der Waals surface area contributed by atoms with Gasteiger partial charge in [0.05, 0.1) is 12.6 Å². The molecule has 1 unspecified atom stereocenters. The largest absolute Gasteiger partial charge is 0.466 e. The van der Waals surface area contributed by atoms with Crippen LogP contribution in [0.5, 0.6) is 0 Å². The Bertz CT molecular complexity index is 369. The van der Waals surface area contributed by atoms with Crippen LogP contribution in [0.15, 0.2) is 30.3 Å². The van der Waals surface area contributed by atoms with E-state index in [0.717, 1.165) is 5.56 Å². The maximum Gasteiger partial charge on any atom is 0.293 e. The molecular formula is C12H14ClNO3. The van der Waals surface area contributed by atoms with Crippen molar-refractivity contribution in [1.82, 2.24) is 4.90 Å². The van der Waals surface area contributed by atoms with Gasteiger partial charge in [-0.1, -0.05) is 30.3 Å². The summed E-state index contributed by atoms with van der Waals surface area (Å²) in [5, 5.41) is -0.445. The molecule has 0 amide bonds. The molecule has 1 aromatic carbocycles. The van der Waals surface area contributed by atoms with Gasteiger partial charge in [0.15, 0.2) is 0 Å². The summed E-state index contributed by atoms with van der Waals surface area (Å²) in [7, 11) is 1.76. The van der Waals surface area contributed by atoms with Crippen molar-refractivity contribution in [2.75, 3.05) is 20.2 Å². The molecule has 5 heteroatoms. The predicted molar refractivity (Wildman–Crippen MR) is 64.7 cm³/mol. The molecule has 0 heterocycles. The number of carbonyl (C=O) groups is 2. The summed E-state index contributed by atoms with van der Waals surface area (Å²) < 4.78 is 4.78. The predicted octanol–water partition coefficient (Wildman–Crippen LogP) is 1.60. The van der Waals surface area contributed by atoms with Gasteiger partial charge in [0.25, 0.3) is 6.47 Å². The minimum atomic E-state index is -0.445. The van der Waals surface area contributed by atoms with Crippen LogP contribution in [0.25, 0.3) is 0 Å². The molecule has 17 heavy (non-hydrogen) atoms. The second-order valence-electron chi connectivity index (χ2n) is 3.63. The summed E-state index contributed by atoms with van der Waals surface area (Å²) in [5.74, 6) is 0. The molecule has 0 saturated carbocycles. The summed E-state index contributed by atoms with van der Waals surface area (Å²) in [6.45, 7) is 0.684. The third kappa shape index (κ3) is 4.54. The molecule has 0 aromatic heterocycles. The smallest absolute Gasteiger partial charge is 0.293 e. The first-order valence-electron chi connectivity index (χ1n) is 5.14. The lowest BCUT2D eigenvalue weighted by Crippen LogP contribution is -2.31. The fourth-order valence-corrected chi connectivity index (χ4v) is 1.78. The average molecular weight is 256 g/mol. The number of benzene rings is 1. The highest BCUT2D eigenvalue weighted by Gasteiger charge is 2.19. The van der Waals surface area contributed by atoms with E-state index < -0.39 is 5.24 Å². The molecule has 1 rings (SSSR count). The van der Waals surface area contributed by atoms with Crippen LogP contribution in [0.1, 0.15) is 11.6 Å². The van der Waals surface area contributed by atoms with Gasteiger partial charge in [-0.3, -0.25) is 14.5 Å². The van der Waals surface area contributed by atoms with Crippen molar-refractivity contribution in [3.05, 3.63) is 35.9 Å². The van der Waals surface area contributed by atoms with Crippen molar-refractivity contribution in [2.45, 2.75) is 6.04 Å². The zero-order valence-corrected chi connectivity index (χ0v) is 10.3. The van der Waals surface area contributed by atoms with E-state index in [1.165, 1.54) is 0 Å². The SMILES string of the molecule is CN(CC(=O)Cl)C(COC=O)c1ccccc1. The van der Waals surface area contributed by atoms with Crippen LogP contribution in [0.2, 0.25) is 0 Å². The third-order valence-corrected chi connectivity index (χ3v) is 2.53. The number of halogens is 1. The van der Waals surface area contributed by atoms with E-state index in [4.69, 9.17) is 16.3 Å². The molecular weight excluding hydrogens is 242 g/mol. The normalized spacial score (nSPS) is 12.2. The average Bonchev–Trinajstić information content (AvgIpc) is 2.30. The quantitative estimate of drug-likeness (QED) is 0.548. The van der Waals surface area contributed by atoms with E-state index in [1.807, 2.05) is 30.3 Å². The molecule has 0 aliphatic heterocycles. The van der Waals surface area contributed by atoms with Gasteiger partial charge < -0.3 is 4.74 Å². The molecule has 0 saturated heterocycles. The fourth-order valence-electron chi connectivity index (χ4n) is 1.59. The van der Waals surface area contributed by atoms with E-state index in [9.17, 15) is 9.59 Å². The van der Waals surface area contributed by atoms with E-state index in [1.54, 1.807) is 11.9 Å². The van der Waals surface area contributed by atoms with Crippen LogP contribution in [0.3, 0.4) is 0 Å². The minimum Gasteiger partial charge on any atom is -0.466 e. The molecule has 1 aromatic rings. The summed E-state index contributed by atoms with van der Waals surface area (Å²) in [6, 6.07) is 9.32. The van der Waals surface area contributed by atoms with Crippen LogP contribution >= 0.6 is 11.6 Å². The Morgan fingerprint density at radius 1 is 1.47 bits per heavy atom. The van der Waals surface area contributed by atoms with Gasteiger partial charge in [-0.05, 0) is 24.2 Å². The molecule has 0 aliphatic carbocycles. The lowest BCUT2D eigenvalue weighted by molar-refractivity contribution is -0.130. The highest BCUT2D eigenvalue weighted by Crippen LogP contribution is 2.19. The molecule has 0 fully saturated rings. The maximum atomic E-state index is 10.9. The highest BCUT2D eigenvalue weighted by atomic mass is 35.5. The van der Waals surface area contributed by atoms with Crippen molar-refractivity contribution in [3.8, 4) is 0 Å². The Morgan fingerprint density at radius 2 is 2.12 bits per heavy atom. The van der Waals surface area contributed by atoms with E-state index in [0.29, 0.717) is 6.47 Å². The summed E-state index contributed by atoms with van der Waals surface area (Å²) in [5.41, 5.74) is 0.967. The van der Waals surface area contributed by atoms with Gasteiger partial charge in [-0.15, -0.1) is 0 Å². The van der Waals surface area contributed by atoms with E-state index in [-0.39, 0.29) is 19.2 Å². The van der Waals surface area contributed by atoms with Crippen molar-refractivity contribution in [2.24, 2.45) is 0 Å². The molecule has 0 bridgehead atoms. The third-order valence-electron chi connectivity index (χ3n) is 2.41. The number of hydrogen-bond acceptors (Lipinski definition) is 4. The zero-order chi connectivity index (χ0) is 12.7. The van der Waals surface area contributed by atoms with Gasteiger partial charge in [0, 0.05) is 0 Å². The van der Waals surface area contributed by atoms with Crippen LogP contribution in [0.4, 0.5) is 0 Å².